The third-order valence-corrected chi connectivity index (χ3v) is 3.94. The molecule has 0 bridgehead atoms. The first-order valence-electron chi connectivity index (χ1n) is 8.37. The average molecular weight is 426 g/mol. The number of hydrogen-bond acceptors (Lipinski definition) is 3. The van der Waals surface area contributed by atoms with Gasteiger partial charge in [0.2, 0.25) is 0 Å². The minimum absolute atomic E-state index is 0. The quantitative estimate of drug-likeness (QED) is 0.372. The number of guanidine groups is 1. The zero-order valence-electron chi connectivity index (χ0n) is 14.9. The molecule has 1 fully saturated rings. The van der Waals surface area contributed by atoms with Gasteiger partial charge >= 0.3 is 0 Å². The molecule has 2 N–H and O–H groups in total. The van der Waals surface area contributed by atoms with E-state index in [0.717, 1.165) is 51.9 Å². The van der Waals surface area contributed by atoms with Crippen molar-refractivity contribution in [2.24, 2.45) is 16.8 Å². The lowest BCUT2D eigenvalue weighted by Gasteiger charge is -2.28. The van der Waals surface area contributed by atoms with Crippen molar-refractivity contribution < 1.29 is 4.74 Å². The van der Waals surface area contributed by atoms with E-state index < -0.39 is 0 Å². The summed E-state index contributed by atoms with van der Waals surface area (Å²) in [5, 5.41) is 6.81. The van der Waals surface area contributed by atoms with E-state index in [1.807, 2.05) is 0 Å². The van der Waals surface area contributed by atoms with Gasteiger partial charge < -0.3 is 15.4 Å². The topological polar surface area (TPSA) is 48.9 Å². The third kappa shape index (κ3) is 9.15. The molecular formula is C16H35IN4O. The van der Waals surface area contributed by atoms with E-state index >= 15 is 0 Å². The summed E-state index contributed by atoms with van der Waals surface area (Å²) in [6, 6.07) is 0.428. The predicted molar refractivity (Wildman–Crippen MR) is 105 cm³/mol. The highest BCUT2D eigenvalue weighted by Crippen LogP contribution is 2.04. The molecule has 1 rings (SSSR count). The molecule has 0 aliphatic carbocycles. The van der Waals surface area contributed by atoms with Crippen molar-refractivity contribution >= 4 is 29.9 Å². The number of ether oxygens (including phenoxy) is 1. The molecule has 0 aromatic rings. The number of morpholine rings is 1. The maximum atomic E-state index is 5.39. The number of aliphatic imine (C=N–C) groups is 1. The Morgan fingerprint density at radius 1 is 1.18 bits per heavy atom. The Hall–Kier alpha value is -0.0800. The van der Waals surface area contributed by atoms with Crippen molar-refractivity contribution in [3.63, 3.8) is 0 Å². The minimum Gasteiger partial charge on any atom is -0.379 e. The second kappa shape index (κ2) is 12.4. The molecule has 0 aromatic carbocycles. The zero-order chi connectivity index (χ0) is 15.7. The van der Waals surface area contributed by atoms with Gasteiger partial charge in [-0.25, -0.2) is 0 Å². The molecule has 0 spiro atoms. The van der Waals surface area contributed by atoms with Gasteiger partial charge in [0.25, 0.3) is 0 Å². The molecule has 132 valence electrons. The van der Waals surface area contributed by atoms with Crippen LogP contribution in [0, 0.1) is 11.8 Å². The Kier molecular flexibility index (Phi) is 12.3. The van der Waals surface area contributed by atoms with Crippen LogP contribution in [0.5, 0.6) is 0 Å². The fourth-order valence-corrected chi connectivity index (χ4v) is 2.23. The Balaban J connectivity index is 0.00000441. The molecule has 0 saturated carbocycles. The van der Waals surface area contributed by atoms with Gasteiger partial charge in [0.1, 0.15) is 0 Å². The van der Waals surface area contributed by atoms with E-state index in [-0.39, 0.29) is 24.0 Å². The molecule has 1 aliphatic rings. The van der Waals surface area contributed by atoms with Gasteiger partial charge in [-0.1, -0.05) is 20.8 Å². The summed E-state index contributed by atoms with van der Waals surface area (Å²) in [7, 11) is 0. The number of halogens is 1. The van der Waals surface area contributed by atoms with Gasteiger partial charge in [0.05, 0.1) is 13.2 Å². The second-order valence-electron chi connectivity index (χ2n) is 6.41. The van der Waals surface area contributed by atoms with Gasteiger partial charge in [-0.3, -0.25) is 9.89 Å². The fraction of sp³-hybridized carbons (Fsp3) is 0.938. The normalized spacial score (nSPS) is 19.5. The molecule has 2 unspecified atom stereocenters. The van der Waals surface area contributed by atoms with Crippen LogP contribution in [0.25, 0.3) is 0 Å². The first-order chi connectivity index (χ1) is 10.0. The summed E-state index contributed by atoms with van der Waals surface area (Å²) < 4.78 is 5.39. The predicted octanol–water partition coefficient (Wildman–Crippen LogP) is 2.17. The molecule has 0 radical (unpaired) electrons. The van der Waals surface area contributed by atoms with Crippen molar-refractivity contribution in [1.82, 2.24) is 15.5 Å². The van der Waals surface area contributed by atoms with Crippen molar-refractivity contribution in [1.29, 1.82) is 0 Å². The molecule has 1 saturated heterocycles. The highest BCUT2D eigenvalue weighted by Gasteiger charge is 2.14. The fourth-order valence-electron chi connectivity index (χ4n) is 2.23. The maximum absolute atomic E-state index is 5.39. The highest BCUT2D eigenvalue weighted by molar-refractivity contribution is 14.0. The summed E-state index contributed by atoms with van der Waals surface area (Å²) >= 11 is 0. The lowest BCUT2D eigenvalue weighted by Crippen LogP contribution is -2.44. The largest absolute Gasteiger partial charge is 0.379 e. The van der Waals surface area contributed by atoms with Crippen molar-refractivity contribution in [3.05, 3.63) is 0 Å². The van der Waals surface area contributed by atoms with E-state index in [0.29, 0.717) is 17.9 Å². The summed E-state index contributed by atoms with van der Waals surface area (Å²) in [6.07, 6.45) is 0. The van der Waals surface area contributed by atoms with Crippen LogP contribution in [-0.4, -0.2) is 62.8 Å². The lowest BCUT2D eigenvalue weighted by molar-refractivity contribution is 0.0323. The van der Waals surface area contributed by atoms with Crippen molar-refractivity contribution in [2.45, 2.75) is 40.7 Å². The molecule has 1 aliphatic heterocycles. The highest BCUT2D eigenvalue weighted by atomic mass is 127. The van der Waals surface area contributed by atoms with Crippen LogP contribution in [0.1, 0.15) is 34.6 Å². The van der Waals surface area contributed by atoms with E-state index in [9.17, 15) is 0 Å². The monoisotopic (exact) mass is 426 g/mol. The summed E-state index contributed by atoms with van der Waals surface area (Å²) in [4.78, 5) is 7.21. The average Bonchev–Trinajstić information content (AvgIpc) is 2.46. The van der Waals surface area contributed by atoms with Gasteiger partial charge in [-0.2, -0.15) is 0 Å². The van der Waals surface area contributed by atoms with Gasteiger partial charge in [0, 0.05) is 38.8 Å². The van der Waals surface area contributed by atoms with Crippen LogP contribution in [0.15, 0.2) is 4.99 Å². The van der Waals surface area contributed by atoms with Crippen LogP contribution in [-0.2, 0) is 4.74 Å². The SMILES string of the molecule is CCNC(=NCC(C)CN1CCOCC1)NC(C)C(C)C.I. The summed E-state index contributed by atoms with van der Waals surface area (Å²) in [6.45, 7) is 17.7. The standard InChI is InChI=1S/C16H34N4O.HI/c1-6-17-16(19-15(5)13(2)3)18-11-14(4)12-20-7-9-21-10-8-20;/h13-15H,6-12H2,1-5H3,(H2,17,18,19);1H. The molecule has 1 heterocycles. The third-order valence-electron chi connectivity index (χ3n) is 3.94. The first kappa shape index (κ1) is 21.9. The molecule has 2 atom stereocenters. The Morgan fingerprint density at radius 3 is 2.36 bits per heavy atom. The van der Waals surface area contributed by atoms with Gasteiger partial charge in [-0.05, 0) is 25.7 Å². The van der Waals surface area contributed by atoms with Crippen LogP contribution in [0.2, 0.25) is 0 Å². The van der Waals surface area contributed by atoms with Crippen LogP contribution in [0.3, 0.4) is 0 Å². The van der Waals surface area contributed by atoms with Crippen LogP contribution < -0.4 is 10.6 Å². The number of nitrogens with zero attached hydrogens (tertiary/aromatic N) is 2. The van der Waals surface area contributed by atoms with Crippen molar-refractivity contribution in [3.8, 4) is 0 Å². The maximum Gasteiger partial charge on any atom is 0.191 e. The Bertz CT molecular complexity index is 307. The minimum atomic E-state index is 0. The lowest BCUT2D eigenvalue weighted by atomic mass is 10.1. The van der Waals surface area contributed by atoms with E-state index in [1.165, 1.54) is 0 Å². The first-order valence-corrected chi connectivity index (χ1v) is 8.37. The van der Waals surface area contributed by atoms with Crippen LogP contribution in [0.4, 0.5) is 0 Å². The number of nitrogens with one attached hydrogen (secondary N) is 2. The second-order valence-corrected chi connectivity index (χ2v) is 6.41. The number of hydrogen-bond donors (Lipinski definition) is 2. The molecule has 6 heteroatoms. The van der Waals surface area contributed by atoms with Crippen LogP contribution >= 0.6 is 24.0 Å². The van der Waals surface area contributed by atoms with E-state index in [1.54, 1.807) is 0 Å². The summed E-state index contributed by atoms with van der Waals surface area (Å²) in [5.41, 5.74) is 0. The molecular weight excluding hydrogens is 391 g/mol. The van der Waals surface area contributed by atoms with Gasteiger partial charge in [0.15, 0.2) is 5.96 Å². The molecule has 0 amide bonds. The molecule has 0 aromatic heterocycles. The molecule has 5 nitrogen and oxygen atoms in total. The Morgan fingerprint density at radius 2 is 1.82 bits per heavy atom. The summed E-state index contributed by atoms with van der Waals surface area (Å²) in [5.74, 6) is 2.10. The molecule has 22 heavy (non-hydrogen) atoms. The smallest absolute Gasteiger partial charge is 0.191 e. The van der Waals surface area contributed by atoms with Crippen molar-refractivity contribution in [2.75, 3.05) is 45.9 Å². The Labute approximate surface area is 153 Å². The van der Waals surface area contributed by atoms with Gasteiger partial charge in [-0.15, -0.1) is 24.0 Å². The number of rotatable bonds is 7. The van der Waals surface area contributed by atoms with E-state index in [2.05, 4.69) is 50.2 Å². The zero-order valence-corrected chi connectivity index (χ0v) is 17.2. The van der Waals surface area contributed by atoms with E-state index in [4.69, 9.17) is 9.73 Å².